The van der Waals surface area contributed by atoms with Crippen molar-refractivity contribution >= 4 is 11.6 Å². The van der Waals surface area contributed by atoms with Crippen molar-refractivity contribution < 1.29 is 50.3 Å². The molecule has 8 aromatic carbocycles. The molecule has 5 N–H and O–H groups in total. The molecule has 1 radical (unpaired) electrons. The van der Waals surface area contributed by atoms with Crippen molar-refractivity contribution in [2.24, 2.45) is 0 Å². The van der Waals surface area contributed by atoms with Gasteiger partial charge in [0.2, 0.25) is 0 Å². The van der Waals surface area contributed by atoms with Gasteiger partial charge in [-0.3, -0.25) is 0 Å². The Morgan fingerprint density at radius 3 is 1.03 bits per heavy atom. The van der Waals surface area contributed by atoms with Crippen molar-refractivity contribution in [2.75, 3.05) is 0 Å². The van der Waals surface area contributed by atoms with Gasteiger partial charge in [0.25, 0.3) is 0 Å². The van der Waals surface area contributed by atoms with Gasteiger partial charge in [0.1, 0.15) is 41.1 Å². The Kier molecular flexibility index (Phi) is 22.9. The molecular weight excluding hydrogens is 1290 g/mol. The summed E-state index contributed by atoms with van der Waals surface area (Å²) in [5.74, 6) is 4.87. The van der Waals surface area contributed by atoms with E-state index < -0.39 is 0 Å². The number of hydrogen-bond acceptors (Lipinski definition) is 12. The van der Waals surface area contributed by atoms with Crippen molar-refractivity contribution in [2.45, 2.75) is 203 Å². The normalized spacial score (nSPS) is 13.9. The predicted molar refractivity (Wildman–Crippen MR) is 399 cm³/mol. The van der Waals surface area contributed by atoms with Crippen LogP contribution in [0.15, 0.2) is 121 Å². The number of nitrogens with zero attached hydrogens (tertiary/aromatic N) is 6. The smallest absolute Gasteiger partial charge is 0.167 e. The van der Waals surface area contributed by atoms with Gasteiger partial charge in [0.15, 0.2) is 34.9 Å². The fraction of sp³-hybridized carbons (Fsp3) is 0.365. The number of phenolic OH excluding ortho intramolecular Hbond substituents is 5. The van der Waals surface area contributed by atoms with Crippen molar-refractivity contribution in [1.82, 2.24) is 29.9 Å². The molecule has 2 aromatic heterocycles. The molecule has 0 aliphatic heterocycles. The number of hydrogen-bond donors (Lipinski definition) is 5. The average Bonchev–Trinajstić information content (AvgIpc) is 0.804. The van der Waals surface area contributed by atoms with Crippen LogP contribution in [0.25, 0.3) is 68.3 Å². The minimum atomic E-state index is -0.171. The van der Waals surface area contributed by atoms with Crippen LogP contribution in [-0.4, -0.2) is 55.4 Å². The first kappa shape index (κ1) is 73.2. The summed E-state index contributed by atoms with van der Waals surface area (Å²) >= 11 is 5.86. The Morgan fingerprint density at radius 2 is 0.697 bits per heavy atom. The van der Waals surface area contributed by atoms with Crippen LogP contribution >= 0.6 is 11.6 Å². The zero-order valence-electron chi connectivity index (χ0n) is 58.4. The Bertz CT molecular complexity index is 4480. The van der Waals surface area contributed by atoms with Gasteiger partial charge in [-0.15, -0.1) is 11.6 Å². The molecule has 12 nitrogen and oxygen atoms in total. The molecule has 10 aromatic rings. The monoisotopic (exact) mass is 1380 g/mol. The largest absolute Gasteiger partial charge is 0.508 e. The number of aryl methyl sites for hydroxylation is 10. The number of rotatable bonds is 10. The van der Waals surface area contributed by atoms with Gasteiger partial charge in [0, 0.05) is 60.2 Å². The Balaban J connectivity index is 0.000000195. The predicted octanol–water partition coefficient (Wildman–Crippen LogP) is 20.5. The summed E-state index contributed by atoms with van der Waals surface area (Å²) < 4.78 is 6.17. The molecule has 0 unspecified atom stereocenters. The fourth-order valence-electron chi connectivity index (χ4n) is 14.3. The van der Waals surface area contributed by atoms with Crippen molar-refractivity contribution in [1.29, 1.82) is 0 Å². The second-order valence-electron chi connectivity index (χ2n) is 29.1. The van der Waals surface area contributed by atoms with E-state index in [1.54, 1.807) is 12.1 Å². The van der Waals surface area contributed by atoms with Crippen LogP contribution in [0.2, 0.25) is 0 Å². The molecule has 14 heteroatoms. The van der Waals surface area contributed by atoms with Crippen LogP contribution in [0.4, 0.5) is 0 Å². The molecule has 0 saturated carbocycles. The van der Waals surface area contributed by atoms with Crippen LogP contribution < -0.4 is 4.74 Å². The maximum absolute atomic E-state index is 11.3. The summed E-state index contributed by atoms with van der Waals surface area (Å²) in [6.45, 7) is 20.8. The fourth-order valence-corrected chi connectivity index (χ4v) is 14.7. The number of ether oxygens (including phenoxy) is 1. The third-order valence-corrected chi connectivity index (χ3v) is 20.3. The zero-order chi connectivity index (χ0) is 68.4. The Hall–Kier alpha value is -8.55. The van der Waals surface area contributed by atoms with E-state index >= 15 is 0 Å². The number of aromatic nitrogens is 6. The second kappa shape index (κ2) is 30.9. The van der Waals surface area contributed by atoms with Crippen LogP contribution in [0, 0.1) is 27.7 Å². The molecule has 0 fully saturated rings. The molecule has 99 heavy (non-hydrogen) atoms. The van der Waals surface area contributed by atoms with Crippen LogP contribution in [0.3, 0.4) is 0 Å². The van der Waals surface area contributed by atoms with Gasteiger partial charge in [-0.25, -0.2) is 29.9 Å². The molecule has 2 heterocycles. The standard InChI is InChI=1S/C42H45N3O3.C29H27N3O2.C13H19ClO.CH4.V.H2/c1-25-20-36(42(3,4)5)38(47)26(2)35(25)24-48-33-18-19-34(37(46)23-33)41-44-39(31-16-14-27-10-6-8-12-29(27)21-31)43-40(45-41)32-17-15-28-11-7-9-13-30(28)22-32;33-24-13-14-25(26(34)17-24)29-31-27(22-11-9-18-5-1-3-7-20(18)15-22)30-28(32-29)23-12-10-19-6-2-4-8-21(19)16-23;1-8-6-11(13(3,4)5)12(15)9(2)10(8)7-14;;;/h14-23,46-47H,6-13,24H2,1-5H3;9-17,33-34H,1-8H2;6,15H,7H2,1-5H3;1H4;;1H/i;;;;;1+1. The van der Waals surface area contributed by atoms with Crippen LogP contribution in [-0.2, 0) is 93.2 Å². The first-order valence-corrected chi connectivity index (χ1v) is 35.2. The van der Waals surface area contributed by atoms with Gasteiger partial charge >= 0.3 is 0 Å². The third kappa shape index (κ3) is 16.4. The molecule has 0 atom stereocenters. The molecule has 14 rings (SSSR count). The number of alkyl halides is 1. The van der Waals surface area contributed by atoms with Crippen molar-refractivity contribution in [3.8, 4) is 103 Å². The molecule has 515 valence electrons. The van der Waals surface area contributed by atoms with Gasteiger partial charge in [-0.2, -0.15) is 0 Å². The molecule has 0 amide bonds. The molecular formula is C85H97ClN6O6V. The maximum Gasteiger partial charge on any atom is 0.167 e. The third-order valence-electron chi connectivity index (χ3n) is 20.1. The second-order valence-corrected chi connectivity index (χ2v) is 29.3. The van der Waals surface area contributed by atoms with E-state index in [0.29, 0.717) is 69.2 Å². The van der Waals surface area contributed by atoms with Gasteiger partial charge < -0.3 is 30.3 Å². The summed E-state index contributed by atoms with van der Waals surface area (Å²) in [4.78, 5) is 29.3. The van der Waals surface area contributed by atoms with Crippen LogP contribution in [0.5, 0.6) is 34.5 Å². The van der Waals surface area contributed by atoms with Gasteiger partial charge in [-0.05, 0) is 279 Å². The zero-order valence-corrected chi connectivity index (χ0v) is 60.6. The van der Waals surface area contributed by atoms with Crippen LogP contribution in [0.1, 0.15) is 191 Å². The number of benzene rings is 8. The first-order valence-electron chi connectivity index (χ1n) is 34.7. The SMILES string of the molecule is C.Cc1cc(C(C)(C)C)c(O)c(C)c1CCl.Cc1cc(C(C)(C)C)c(O)c(C)c1COc1ccc(-c2nc(-c3ccc4c(c3)CCCC4)nc(-c3ccc4c(c3)CCCC4)n2)c(O)c1.Oc1ccc(-c2nc(-c3ccc4c(c3)CCCC4)nc(-c3ccc4c(c3)CCCC4)n2)c(O)c1.[2HH].[V]. The van der Waals surface area contributed by atoms with Gasteiger partial charge in [0.05, 0.1) is 11.1 Å². The van der Waals surface area contributed by atoms with E-state index in [0.717, 1.165) is 118 Å². The van der Waals surface area contributed by atoms with E-state index in [4.69, 9.17) is 46.2 Å². The van der Waals surface area contributed by atoms with E-state index in [1.165, 1.54) is 108 Å². The molecule has 0 bridgehead atoms. The summed E-state index contributed by atoms with van der Waals surface area (Å²) in [6, 6.07) is 40.0. The first-order chi connectivity index (χ1) is 46.5. The Morgan fingerprint density at radius 1 is 0.384 bits per heavy atom. The minimum Gasteiger partial charge on any atom is -0.508 e. The molecule has 0 spiro atoms. The quantitative estimate of drug-likeness (QED) is 0.0817. The topological polar surface area (TPSA) is 188 Å². The van der Waals surface area contributed by atoms with E-state index in [9.17, 15) is 25.5 Å². The number of fused-ring (bicyclic) bond motifs is 4. The average molecular weight is 1390 g/mol. The molecule has 4 aliphatic carbocycles. The van der Waals surface area contributed by atoms with Gasteiger partial charge in [-0.1, -0.05) is 110 Å². The van der Waals surface area contributed by atoms with Crippen molar-refractivity contribution in [3.05, 3.63) is 210 Å². The van der Waals surface area contributed by atoms with E-state index in [2.05, 4.69) is 114 Å². The van der Waals surface area contributed by atoms with Crippen molar-refractivity contribution in [3.63, 3.8) is 0 Å². The molecule has 4 aliphatic rings. The summed E-state index contributed by atoms with van der Waals surface area (Å²) in [7, 11) is 0. The summed E-state index contributed by atoms with van der Waals surface area (Å²) in [5, 5.41) is 52.7. The number of phenols is 5. The molecule has 0 saturated heterocycles. The number of aromatic hydroxyl groups is 5. The van der Waals surface area contributed by atoms with E-state index in [1.807, 2.05) is 52.0 Å². The Labute approximate surface area is 603 Å². The minimum absolute atomic E-state index is 0. The number of halogens is 1. The summed E-state index contributed by atoms with van der Waals surface area (Å²) in [6.07, 6.45) is 18.5. The van der Waals surface area contributed by atoms with E-state index in [-0.39, 0.29) is 62.1 Å². The summed E-state index contributed by atoms with van der Waals surface area (Å²) in [5.41, 5.74) is 23.6. The maximum atomic E-state index is 11.3.